The standard InChI is InChI=1S/C15H20N2O4/c1-15(2,3)21-14(19)17-9-5-6-10-12(17)8-7-11(16-10)13(18)20-4/h7-8H,5-6,9H2,1-4H3. The fourth-order valence-electron chi connectivity index (χ4n) is 2.17. The maximum absolute atomic E-state index is 12.2. The van der Waals surface area contributed by atoms with E-state index in [9.17, 15) is 9.59 Å². The van der Waals surface area contributed by atoms with Crippen LogP contribution in [0, 0.1) is 0 Å². The van der Waals surface area contributed by atoms with Crippen LogP contribution >= 0.6 is 0 Å². The minimum Gasteiger partial charge on any atom is -0.464 e. The number of rotatable bonds is 1. The molecule has 21 heavy (non-hydrogen) atoms. The van der Waals surface area contributed by atoms with Gasteiger partial charge in [0.25, 0.3) is 0 Å². The minimum absolute atomic E-state index is 0.252. The third kappa shape index (κ3) is 3.51. The molecule has 0 saturated carbocycles. The van der Waals surface area contributed by atoms with Crippen molar-refractivity contribution < 1.29 is 19.1 Å². The van der Waals surface area contributed by atoms with E-state index in [1.807, 2.05) is 20.8 Å². The third-order valence-corrected chi connectivity index (χ3v) is 3.04. The van der Waals surface area contributed by atoms with E-state index in [2.05, 4.69) is 9.72 Å². The van der Waals surface area contributed by atoms with E-state index in [4.69, 9.17) is 4.74 Å². The number of esters is 1. The van der Waals surface area contributed by atoms with Crippen LogP contribution in [-0.2, 0) is 15.9 Å². The second-order valence-electron chi connectivity index (χ2n) is 5.89. The molecular weight excluding hydrogens is 272 g/mol. The number of aromatic nitrogens is 1. The van der Waals surface area contributed by atoms with Crippen molar-refractivity contribution in [1.82, 2.24) is 4.98 Å². The molecule has 0 aromatic carbocycles. The summed E-state index contributed by atoms with van der Waals surface area (Å²) in [4.78, 5) is 29.6. The summed E-state index contributed by atoms with van der Waals surface area (Å²) < 4.78 is 10.1. The quantitative estimate of drug-likeness (QED) is 0.744. The molecule has 0 unspecified atom stereocenters. The Bertz CT molecular complexity index is 563. The molecule has 2 heterocycles. The Balaban J connectivity index is 2.28. The Labute approximate surface area is 124 Å². The molecule has 1 aromatic heterocycles. The molecule has 1 amide bonds. The molecule has 0 N–H and O–H groups in total. The number of aryl methyl sites for hydroxylation is 1. The summed E-state index contributed by atoms with van der Waals surface area (Å²) in [5, 5.41) is 0. The van der Waals surface area contributed by atoms with Gasteiger partial charge in [0.1, 0.15) is 11.3 Å². The van der Waals surface area contributed by atoms with Crippen LogP contribution in [0.1, 0.15) is 43.4 Å². The monoisotopic (exact) mass is 292 g/mol. The summed E-state index contributed by atoms with van der Waals surface area (Å²) >= 11 is 0. The van der Waals surface area contributed by atoms with Gasteiger partial charge in [-0.15, -0.1) is 0 Å². The molecule has 0 radical (unpaired) electrons. The van der Waals surface area contributed by atoms with Crippen molar-refractivity contribution in [2.24, 2.45) is 0 Å². The number of pyridine rings is 1. The van der Waals surface area contributed by atoms with Crippen molar-refractivity contribution in [2.75, 3.05) is 18.6 Å². The number of anilines is 1. The summed E-state index contributed by atoms with van der Waals surface area (Å²) in [6.45, 7) is 6.07. The third-order valence-electron chi connectivity index (χ3n) is 3.04. The summed E-state index contributed by atoms with van der Waals surface area (Å²) in [6, 6.07) is 3.28. The molecule has 0 aliphatic carbocycles. The van der Waals surface area contributed by atoms with Gasteiger partial charge in [-0.3, -0.25) is 4.90 Å². The predicted octanol–water partition coefficient (Wildman–Crippen LogP) is 2.56. The Kier molecular flexibility index (Phi) is 4.16. The fraction of sp³-hybridized carbons (Fsp3) is 0.533. The van der Waals surface area contributed by atoms with Crippen LogP contribution in [0.15, 0.2) is 12.1 Å². The second kappa shape index (κ2) is 5.71. The first-order valence-electron chi connectivity index (χ1n) is 6.90. The zero-order valence-corrected chi connectivity index (χ0v) is 12.8. The normalized spacial score (nSPS) is 14.4. The van der Waals surface area contributed by atoms with E-state index in [1.165, 1.54) is 7.11 Å². The van der Waals surface area contributed by atoms with E-state index in [1.54, 1.807) is 17.0 Å². The highest BCUT2D eigenvalue weighted by atomic mass is 16.6. The number of fused-ring (bicyclic) bond motifs is 1. The van der Waals surface area contributed by atoms with E-state index < -0.39 is 17.7 Å². The zero-order valence-electron chi connectivity index (χ0n) is 12.8. The Morgan fingerprint density at radius 2 is 2.00 bits per heavy atom. The van der Waals surface area contributed by atoms with Crippen molar-refractivity contribution in [3.63, 3.8) is 0 Å². The molecule has 0 spiro atoms. The highest BCUT2D eigenvalue weighted by Gasteiger charge is 2.28. The summed E-state index contributed by atoms with van der Waals surface area (Å²) in [5.41, 5.74) is 1.12. The van der Waals surface area contributed by atoms with Crippen LogP contribution in [0.3, 0.4) is 0 Å². The molecule has 0 bridgehead atoms. The first kappa shape index (κ1) is 15.3. The first-order chi connectivity index (χ1) is 9.81. The maximum atomic E-state index is 12.2. The lowest BCUT2D eigenvalue weighted by Gasteiger charge is -2.31. The number of carbonyl (C=O) groups is 2. The number of ether oxygens (including phenoxy) is 2. The van der Waals surface area contributed by atoms with Crippen LogP contribution in [0.4, 0.5) is 10.5 Å². The van der Waals surface area contributed by atoms with E-state index in [0.29, 0.717) is 12.2 Å². The van der Waals surface area contributed by atoms with Crippen molar-refractivity contribution >= 4 is 17.7 Å². The lowest BCUT2D eigenvalue weighted by molar-refractivity contribution is 0.0576. The van der Waals surface area contributed by atoms with Crippen LogP contribution in [0.5, 0.6) is 0 Å². The van der Waals surface area contributed by atoms with Gasteiger partial charge >= 0.3 is 12.1 Å². The molecule has 1 aliphatic rings. The van der Waals surface area contributed by atoms with Gasteiger partial charge in [-0.2, -0.15) is 0 Å². The molecule has 1 aromatic rings. The Morgan fingerprint density at radius 3 is 2.62 bits per heavy atom. The van der Waals surface area contributed by atoms with Gasteiger partial charge in [-0.05, 0) is 45.7 Å². The lowest BCUT2D eigenvalue weighted by Crippen LogP contribution is -2.40. The lowest BCUT2D eigenvalue weighted by atomic mass is 10.1. The average Bonchev–Trinajstić information content (AvgIpc) is 2.43. The minimum atomic E-state index is -0.548. The molecule has 6 heteroatoms. The van der Waals surface area contributed by atoms with Crippen molar-refractivity contribution in [3.8, 4) is 0 Å². The van der Waals surface area contributed by atoms with Gasteiger partial charge in [0, 0.05) is 6.54 Å². The van der Waals surface area contributed by atoms with E-state index in [0.717, 1.165) is 18.5 Å². The SMILES string of the molecule is COC(=O)c1ccc2c(n1)CCCN2C(=O)OC(C)(C)C. The van der Waals surface area contributed by atoms with Gasteiger partial charge in [-0.25, -0.2) is 14.6 Å². The van der Waals surface area contributed by atoms with Crippen LogP contribution < -0.4 is 4.90 Å². The molecule has 2 rings (SSSR count). The Morgan fingerprint density at radius 1 is 1.29 bits per heavy atom. The highest BCUT2D eigenvalue weighted by Crippen LogP contribution is 2.27. The summed E-state index contributed by atoms with van der Waals surface area (Å²) in [6.07, 6.45) is 1.11. The van der Waals surface area contributed by atoms with Crippen LogP contribution in [-0.4, -0.2) is 36.3 Å². The number of hydrogen-bond acceptors (Lipinski definition) is 5. The van der Waals surface area contributed by atoms with E-state index in [-0.39, 0.29) is 5.69 Å². The van der Waals surface area contributed by atoms with E-state index >= 15 is 0 Å². The van der Waals surface area contributed by atoms with Crippen molar-refractivity contribution in [1.29, 1.82) is 0 Å². The van der Waals surface area contributed by atoms with Crippen LogP contribution in [0.25, 0.3) is 0 Å². The first-order valence-corrected chi connectivity index (χ1v) is 6.90. The number of methoxy groups -OCH3 is 1. The molecule has 6 nitrogen and oxygen atoms in total. The Hall–Kier alpha value is -2.11. The van der Waals surface area contributed by atoms with Crippen LogP contribution in [0.2, 0.25) is 0 Å². The second-order valence-corrected chi connectivity index (χ2v) is 5.89. The smallest absolute Gasteiger partial charge is 0.414 e. The highest BCUT2D eigenvalue weighted by molar-refractivity contribution is 5.91. The zero-order chi connectivity index (χ0) is 15.6. The number of amides is 1. The topological polar surface area (TPSA) is 68.7 Å². The van der Waals surface area contributed by atoms with Gasteiger partial charge < -0.3 is 9.47 Å². The van der Waals surface area contributed by atoms with Gasteiger partial charge in [0.15, 0.2) is 0 Å². The summed E-state index contributed by atoms with van der Waals surface area (Å²) in [5.74, 6) is -0.479. The molecule has 114 valence electrons. The molecule has 0 saturated heterocycles. The average molecular weight is 292 g/mol. The molecule has 0 atom stereocenters. The molecule has 0 fully saturated rings. The molecular formula is C15H20N2O4. The van der Waals surface area contributed by atoms with Gasteiger partial charge in [-0.1, -0.05) is 0 Å². The van der Waals surface area contributed by atoms with Crippen molar-refractivity contribution in [2.45, 2.75) is 39.2 Å². The van der Waals surface area contributed by atoms with Crippen molar-refractivity contribution in [3.05, 3.63) is 23.5 Å². The fourth-order valence-corrected chi connectivity index (χ4v) is 2.17. The van der Waals surface area contributed by atoms with Gasteiger partial charge in [0.2, 0.25) is 0 Å². The number of carbonyl (C=O) groups excluding carboxylic acids is 2. The summed E-state index contributed by atoms with van der Waals surface area (Å²) in [7, 11) is 1.32. The number of hydrogen-bond donors (Lipinski definition) is 0. The largest absolute Gasteiger partial charge is 0.464 e. The maximum Gasteiger partial charge on any atom is 0.414 e. The molecule has 1 aliphatic heterocycles. The van der Waals surface area contributed by atoms with Gasteiger partial charge in [0.05, 0.1) is 18.5 Å². The number of nitrogens with zero attached hydrogens (tertiary/aromatic N) is 2. The predicted molar refractivity (Wildman–Crippen MR) is 77.5 cm³/mol.